The number of piperidine rings is 1. The summed E-state index contributed by atoms with van der Waals surface area (Å²) in [5.74, 6) is 0. The van der Waals surface area contributed by atoms with E-state index in [1.165, 1.54) is 58.2 Å². The predicted molar refractivity (Wildman–Crippen MR) is 73.8 cm³/mol. The molecule has 18 heavy (non-hydrogen) atoms. The van der Waals surface area contributed by atoms with Crippen molar-refractivity contribution >= 4 is 0 Å². The predicted octanol–water partition coefficient (Wildman–Crippen LogP) is 2.02. The van der Waals surface area contributed by atoms with E-state index in [4.69, 9.17) is 4.74 Å². The molecule has 0 radical (unpaired) electrons. The monoisotopic (exact) mass is 252 g/mol. The van der Waals surface area contributed by atoms with Crippen molar-refractivity contribution in [1.29, 1.82) is 0 Å². The maximum absolute atomic E-state index is 5.98. The van der Waals surface area contributed by atoms with Gasteiger partial charge in [0.05, 0.1) is 12.7 Å². The highest BCUT2D eigenvalue weighted by Gasteiger charge is 2.38. The first-order valence-electron chi connectivity index (χ1n) is 7.83. The molecule has 0 amide bonds. The number of nitrogens with zero attached hydrogens (tertiary/aromatic N) is 1. The van der Waals surface area contributed by atoms with Crippen LogP contribution in [0.5, 0.6) is 0 Å². The summed E-state index contributed by atoms with van der Waals surface area (Å²) < 4.78 is 5.98. The smallest absolute Gasteiger partial charge is 0.0730 e. The molecule has 1 aliphatic carbocycles. The van der Waals surface area contributed by atoms with E-state index in [1.807, 2.05) is 0 Å². The fourth-order valence-electron chi connectivity index (χ4n) is 4.12. The van der Waals surface area contributed by atoms with Crippen LogP contribution >= 0.6 is 0 Å². The van der Waals surface area contributed by atoms with Gasteiger partial charge < -0.3 is 10.1 Å². The SMILES string of the molecule is CC1(CN2CCOC3CCCCC32)CCCNC1. The molecule has 0 aromatic carbocycles. The number of ether oxygens (including phenoxy) is 1. The van der Waals surface area contributed by atoms with E-state index >= 15 is 0 Å². The minimum atomic E-state index is 0.484. The fourth-order valence-corrected chi connectivity index (χ4v) is 4.12. The van der Waals surface area contributed by atoms with Gasteiger partial charge in [-0.25, -0.2) is 0 Å². The summed E-state index contributed by atoms with van der Waals surface area (Å²) in [4.78, 5) is 2.75. The second-order valence-corrected chi connectivity index (χ2v) is 6.82. The normalized spacial score (nSPS) is 42.5. The van der Waals surface area contributed by atoms with E-state index in [9.17, 15) is 0 Å². The number of hydrogen-bond donors (Lipinski definition) is 1. The van der Waals surface area contributed by atoms with Crippen LogP contribution in [0, 0.1) is 5.41 Å². The molecular weight excluding hydrogens is 224 g/mol. The Morgan fingerprint density at radius 1 is 1.28 bits per heavy atom. The summed E-state index contributed by atoms with van der Waals surface area (Å²) in [5.41, 5.74) is 0.484. The molecule has 104 valence electrons. The van der Waals surface area contributed by atoms with Gasteiger partial charge in [0.25, 0.3) is 0 Å². The van der Waals surface area contributed by atoms with Crippen LogP contribution in [0.25, 0.3) is 0 Å². The molecule has 0 spiro atoms. The number of fused-ring (bicyclic) bond motifs is 1. The standard InChI is InChI=1S/C15H28N2O/c1-15(7-4-8-16-11-15)12-17-9-10-18-14-6-3-2-5-13(14)17/h13-14,16H,2-12H2,1H3. The molecule has 0 aromatic rings. The van der Waals surface area contributed by atoms with Crippen molar-refractivity contribution in [2.75, 3.05) is 32.8 Å². The third-order valence-corrected chi connectivity index (χ3v) is 5.12. The Kier molecular flexibility index (Phi) is 3.92. The molecule has 1 N–H and O–H groups in total. The number of nitrogens with one attached hydrogen (secondary N) is 1. The molecule has 3 rings (SSSR count). The molecule has 2 aliphatic heterocycles. The molecule has 2 saturated heterocycles. The van der Waals surface area contributed by atoms with Gasteiger partial charge in [-0.1, -0.05) is 19.8 Å². The van der Waals surface area contributed by atoms with Gasteiger partial charge in [0.15, 0.2) is 0 Å². The highest BCUT2D eigenvalue weighted by Crippen LogP contribution is 2.33. The van der Waals surface area contributed by atoms with Gasteiger partial charge in [0, 0.05) is 25.7 Å². The number of morpholine rings is 1. The Balaban J connectivity index is 1.63. The fraction of sp³-hybridized carbons (Fsp3) is 1.00. The minimum Gasteiger partial charge on any atom is -0.375 e. The maximum atomic E-state index is 5.98. The van der Waals surface area contributed by atoms with Gasteiger partial charge in [0.1, 0.15) is 0 Å². The van der Waals surface area contributed by atoms with Gasteiger partial charge in [0.2, 0.25) is 0 Å². The molecule has 2 heterocycles. The Morgan fingerprint density at radius 2 is 2.17 bits per heavy atom. The van der Waals surface area contributed by atoms with Crippen molar-refractivity contribution in [3.8, 4) is 0 Å². The topological polar surface area (TPSA) is 24.5 Å². The Bertz CT molecular complexity index is 274. The van der Waals surface area contributed by atoms with Crippen molar-refractivity contribution in [2.45, 2.75) is 57.6 Å². The minimum absolute atomic E-state index is 0.484. The molecule has 3 aliphatic rings. The van der Waals surface area contributed by atoms with E-state index in [0.29, 0.717) is 17.6 Å². The van der Waals surface area contributed by atoms with E-state index < -0.39 is 0 Å². The Hall–Kier alpha value is -0.120. The molecule has 3 heteroatoms. The van der Waals surface area contributed by atoms with Crippen molar-refractivity contribution in [3.05, 3.63) is 0 Å². The summed E-state index contributed by atoms with van der Waals surface area (Å²) in [6.45, 7) is 8.24. The second-order valence-electron chi connectivity index (χ2n) is 6.82. The summed E-state index contributed by atoms with van der Waals surface area (Å²) >= 11 is 0. The zero-order valence-corrected chi connectivity index (χ0v) is 11.8. The van der Waals surface area contributed by atoms with Gasteiger partial charge >= 0.3 is 0 Å². The van der Waals surface area contributed by atoms with Crippen LogP contribution in [0.2, 0.25) is 0 Å². The highest BCUT2D eigenvalue weighted by atomic mass is 16.5. The Labute approximate surface area is 111 Å². The summed E-state index contributed by atoms with van der Waals surface area (Å²) in [6.07, 6.45) is 8.67. The first kappa shape index (κ1) is 12.9. The van der Waals surface area contributed by atoms with E-state index in [2.05, 4.69) is 17.1 Å². The van der Waals surface area contributed by atoms with Gasteiger partial charge in [-0.2, -0.15) is 0 Å². The molecule has 0 bridgehead atoms. The third kappa shape index (κ3) is 2.73. The zero-order valence-electron chi connectivity index (χ0n) is 11.8. The van der Waals surface area contributed by atoms with Crippen LogP contribution in [-0.4, -0.2) is 49.8 Å². The van der Waals surface area contributed by atoms with E-state index in [0.717, 1.165) is 13.2 Å². The average Bonchev–Trinajstić information content (AvgIpc) is 2.40. The van der Waals surface area contributed by atoms with E-state index in [1.54, 1.807) is 0 Å². The van der Waals surface area contributed by atoms with Crippen molar-refractivity contribution in [1.82, 2.24) is 10.2 Å². The molecular formula is C15H28N2O. The zero-order chi connectivity index (χ0) is 12.4. The lowest BCUT2D eigenvalue weighted by Crippen LogP contribution is -2.57. The largest absolute Gasteiger partial charge is 0.375 e. The van der Waals surface area contributed by atoms with E-state index in [-0.39, 0.29) is 0 Å². The van der Waals surface area contributed by atoms with Crippen molar-refractivity contribution in [2.24, 2.45) is 5.41 Å². The van der Waals surface area contributed by atoms with Crippen LogP contribution < -0.4 is 5.32 Å². The van der Waals surface area contributed by atoms with Crippen LogP contribution in [0.4, 0.5) is 0 Å². The quantitative estimate of drug-likeness (QED) is 0.814. The first-order chi connectivity index (χ1) is 8.77. The van der Waals surface area contributed by atoms with Crippen LogP contribution in [0.1, 0.15) is 45.4 Å². The van der Waals surface area contributed by atoms with Crippen molar-refractivity contribution in [3.63, 3.8) is 0 Å². The maximum Gasteiger partial charge on any atom is 0.0730 e. The van der Waals surface area contributed by atoms with Gasteiger partial charge in [-0.3, -0.25) is 4.90 Å². The summed E-state index contributed by atoms with van der Waals surface area (Å²) in [5, 5.41) is 3.58. The van der Waals surface area contributed by atoms with Crippen LogP contribution in [-0.2, 0) is 4.74 Å². The van der Waals surface area contributed by atoms with Crippen molar-refractivity contribution < 1.29 is 4.74 Å². The average molecular weight is 252 g/mol. The lowest BCUT2D eigenvalue weighted by Gasteiger charge is -2.48. The second kappa shape index (κ2) is 5.48. The number of rotatable bonds is 2. The van der Waals surface area contributed by atoms with Gasteiger partial charge in [-0.15, -0.1) is 0 Å². The number of hydrogen-bond acceptors (Lipinski definition) is 3. The third-order valence-electron chi connectivity index (χ3n) is 5.12. The van der Waals surface area contributed by atoms with Crippen LogP contribution in [0.3, 0.4) is 0 Å². The van der Waals surface area contributed by atoms with Crippen LogP contribution in [0.15, 0.2) is 0 Å². The van der Waals surface area contributed by atoms with Gasteiger partial charge in [-0.05, 0) is 37.6 Å². The lowest BCUT2D eigenvalue weighted by molar-refractivity contribution is -0.0990. The highest BCUT2D eigenvalue weighted by molar-refractivity contribution is 4.92. The molecule has 1 saturated carbocycles. The summed E-state index contributed by atoms with van der Waals surface area (Å²) in [6, 6.07) is 0.714. The molecule has 3 atom stereocenters. The Morgan fingerprint density at radius 3 is 3.00 bits per heavy atom. The molecule has 3 unspecified atom stereocenters. The first-order valence-corrected chi connectivity index (χ1v) is 7.83. The molecule has 3 nitrogen and oxygen atoms in total. The lowest BCUT2D eigenvalue weighted by atomic mass is 9.80. The summed E-state index contributed by atoms with van der Waals surface area (Å²) in [7, 11) is 0. The molecule has 0 aromatic heterocycles. The molecule has 3 fully saturated rings.